The van der Waals surface area contributed by atoms with E-state index < -0.39 is 11.6 Å². The lowest BCUT2D eigenvalue weighted by Gasteiger charge is -2.10. The molecule has 0 aliphatic heterocycles. The number of ether oxygens (including phenoxy) is 1. The van der Waals surface area contributed by atoms with Gasteiger partial charge in [0.2, 0.25) is 0 Å². The van der Waals surface area contributed by atoms with Gasteiger partial charge in [-0.15, -0.1) is 0 Å². The Kier molecular flexibility index (Phi) is 6.13. The number of aromatic nitrogens is 4. The van der Waals surface area contributed by atoms with Crippen LogP contribution in [0.1, 0.15) is 30.4 Å². The van der Waals surface area contributed by atoms with Crippen LogP contribution >= 0.6 is 0 Å². The number of nitrogens with one attached hydrogen (secondary N) is 1. The molecule has 0 aliphatic carbocycles. The van der Waals surface area contributed by atoms with Gasteiger partial charge in [0.05, 0.1) is 25.1 Å². The molecule has 0 fully saturated rings. The molecule has 4 aromatic rings. The van der Waals surface area contributed by atoms with Gasteiger partial charge in [-0.2, -0.15) is 5.10 Å². The van der Waals surface area contributed by atoms with Gasteiger partial charge >= 0.3 is 5.76 Å². The van der Waals surface area contributed by atoms with E-state index in [2.05, 4.69) is 15.1 Å². The van der Waals surface area contributed by atoms with Crippen molar-refractivity contribution >= 4 is 11.2 Å². The van der Waals surface area contributed by atoms with Crippen molar-refractivity contribution in [1.29, 1.82) is 0 Å². The maximum Gasteiger partial charge on any atom is 0.418 e. The quantitative estimate of drug-likeness (QED) is 0.398. The summed E-state index contributed by atoms with van der Waals surface area (Å²) in [5.74, 6) is -0.409. The number of hydrogen-bond donors (Lipinski definition) is 2. The zero-order valence-electron chi connectivity index (χ0n) is 17.1. The number of fused-ring (bicyclic) bond motifs is 1. The minimum absolute atomic E-state index is 0.260. The Morgan fingerprint density at radius 3 is 2.90 bits per heavy atom. The van der Waals surface area contributed by atoms with Gasteiger partial charge in [0, 0.05) is 24.4 Å². The molecule has 4 rings (SSSR count). The number of hydrogen-bond acceptors (Lipinski definition) is 6. The molecule has 9 heteroatoms. The zero-order chi connectivity index (χ0) is 21.8. The SMILES string of the molecule is Cn1ncc(CCCCCOc2ccc(F)cc2CO)c1-c1cnc2[nH]c(=O)oc2c1. The molecule has 162 valence electrons. The highest BCUT2D eigenvalue weighted by molar-refractivity contribution is 5.75. The second-order valence-electron chi connectivity index (χ2n) is 7.30. The molecule has 0 atom stereocenters. The van der Waals surface area contributed by atoms with E-state index in [4.69, 9.17) is 9.15 Å². The molecule has 0 amide bonds. The van der Waals surface area contributed by atoms with Crippen LogP contribution in [0, 0.1) is 5.82 Å². The molecular formula is C22H23FN4O4. The first-order valence-electron chi connectivity index (χ1n) is 10.1. The normalized spacial score (nSPS) is 11.3. The third kappa shape index (κ3) is 4.66. The number of aryl methyl sites for hydroxylation is 2. The molecule has 0 aliphatic rings. The van der Waals surface area contributed by atoms with E-state index in [0.717, 1.165) is 42.5 Å². The Hall–Kier alpha value is -3.46. The summed E-state index contributed by atoms with van der Waals surface area (Å²) < 4.78 is 25.8. The van der Waals surface area contributed by atoms with Crippen molar-refractivity contribution in [2.45, 2.75) is 32.3 Å². The van der Waals surface area contributed by atoms with Crippen molar-refractivity contribution in [2.24, 2.45) is 7.05 Å². The fraction of sp³-hybridized carbons (Fsp3) is 0.318. The zero-order valence-corrected chi connectivity index (χ0v) is 17.1. The largest absolute Gasteiger partial charge is 0.493 e. The number of nitrogens with zero attached hydrogens (tertiary/aromatic N) is 3. The molecule has 3 heterocycles. The Morgan fingerprint density at radius 2 is 2.06 bits per heavy atom. The van der Waals surface area contributed by atoms with E-state index in [1.807, 2.05) is 13.2 Å². The van der Waals surface area contributed by atoms with Crippen molar-refractivity contribution in [3.05, 3.63) is 64.2 Å². The summed E-state index contributed by atoms with van der Waals surface area (Å²) in [6, 6.07) is 5.93. The van der Waals surface area contributed by atoms with Crippen LogP contribution in [-0.4, -0.2) is 31.5 Å². The fourth-order valence-corrected chi connectivity index (χ4v) is 3.59. The first-order valence-corrected chi connectivity index (χ1v) is 10.1. The summed E-state index contributed by atoms with van der Waals surface area (Å²) in [4.78, 5) is 18.2. The van der Waals surface area contributed by atoms with Crippen LogP contribution in [0.3, 0.4) is 0 Å². The summed E-state index contributed by atoms with van der Waals surface area (Å²) in [6.07, 6.45) is 7.08. The van der Waals surface area contributed by atoms with Crippen LogP contribution in [0.4, 0.5) is 4.39 Å². The monoisotopic (exact) mass is 426 g/mol. The van der Waals surface area contributed by atoms with Crippen LogP contribution in [-0.2, 0) is 20.1 Å². The number of rotatable bonds is 9. The Labute approximate surface area is 177 Å². The predicted octanol–water partition coefficient (Wildman–Crippen LogP) is 3.34. The molecular weight excluding hydrogens is 403 g/mol. The van der Waals surface area contributed by atoms with Crippen molar-refractivity contribution in [1.82, 2.24) is 19.7 Å². The first-order chi connectivity index (χ1) is 15.0. The lowest BCUT2D eigenvalue weighted by atomic mass is 10.0. The molecule has 31 heavy (non-hydrogen) atoms. The van der Waals surface area contributed by atoms with E-state index in [0.29, 0.717) is 29.2 Å². The minimum atomic E-state index is -0.529. The highest BCUT2D eigenvalue weighted by atomic mass is 19.1. The maximum absolute atomic E-state index is 13.2. The molecule has 0 unspecified atom stereocenters. The molecule has 0 radical (unpaired) electrons. The number of unbranched alkanes of at least 4 members (excludes halogenated alkanes) is 2. The number of aromatic amines is 1. The lowest BCUT2D eigenvalue weighted by molar-refractivity contribution is 0.259. The van der Waals surface area contributed by atoms with E-state index in [-0.39, 0.29) is 6.61 Å². The van der Waals surface area contributed by atoms with Gasteiger partial charge in [0.25, 0.3) is 0 Å². The summed E-state index contributed by atoms with van der Waals surface area (Å²) in [7, 11) is 1.87. The summed E-state index contributed by atoms with van der Waals surface area (Å²) >= 11 is 0. The number of halogens is 1. The topological polar surface area (TPSA) is 106 Å². The molecule has 2 N–H and O–H groups in total. The molecule has 0 spiro atoms. The van der Waals surface area contributed by atoms with Gasteiger partial charge in [0.1, 0.15) is 11.6 Å². The van der Waals surface area contributed by atoms with E-state index in [1.165, 1.54) is 12.1 Å². The van der Waals surface area contributed by atoms with Crippen LogP contribution in [0.15, 0.2) is 45.9 Å². The van der Waals surface area contributed by atoms with Crippen LogP contribution in [0.5, 0.6) is 5.75 Å². The molecule has 0 saturated carbocycles. The summed E-state index contributed by atoms with van der Waals surface area (Å²) in [5, 5.41) is 13.7. The van der Waals surface area contributed by atoms with E-state index >= 15 is 0 Å². The summed E-state index contributed by atoms with van der Waals surface area (Å²) in [6.45, 7) is 0.231. The highest BCUT2D eigenvalue weighted by Crippen LogP contribution is 2.26. The van der Waals surface area contributed by atoms with Gasteiger partial charge in [-0.3, -0.25) is 9.67 Å². The smallest absolute Gasteiger partial charge is 0.418 e. The van der Waals surface area contributed by atoms with Crippen molar-refractivity contribution < 1.29 is 18.7 Å². The molecule has 3 aromatic heterocycles. The second-order valence-corrected chi connectivity index (χ2v) is 7.30. The highest BCUT2D eigenvalue weighted by Gasteiger charge is 2.13. The maximum atomic E-state index is 13.2. The van der Waals surface area contributed by atoms with Crippen LogP contribution in [0.25, 0.3) is 22.5 Å². The Bertz CT molecular complexity index is 1240. The number of aliphatic hydroxyl groups excluding tert-OH is 1. The van der Waals surface area contributed by atoms with E-state index in [9.17, 15) is 14.3 Å². The number of pyridine rings is 1. The fourth-order valence-electron chi connectivity index (χ4n) is 3.59. The molecule has 1 aromatic carbocycles. The standard InChI is InChI=1S/C22H23FN4O4/c1-27-20(15-10-19-21(24-11-15)26-22(29)31-19)14(12-25-27)5-3-2-4-8-30-18-7-6-17(23)9-16(18)13-28/h6-7,9-12,28H,2-5,8,13H2,1H3,(H,24,26,29). The number of aliphatic hydroxyl groups is 1. The van der Waals surface area contributed by atoms with Crippen molar-refractivity contribution in [2.75, 3.05) is 6.61 Å². The van der Waals surface area contributed by atoms with Crippen LogP contribution < -0.4 is 10.5 Å². The Morgan fingerprint density at radius 1 is 1.19 bits per heavy atom. The van der Waals surface area contributed by atoms with Crippen LogP contribution in [0.2, 0.25) is 0 Å². The van der Waals surface area contributed by atoms with Crippen molar-refractivity contribution in [3.8, 4) is 17.0 Å². The average Bonchev–Trinajstić information content (AvgIpc) is 3.31. The third-order valence-corrected chi connectivity index (χ3v) is 5.10. The molecule has 0 bridgehead atoms. The van der Waals surface area contributed by atoms with Crippen molar-refractivity contribution in [3.63, 3.8) is 0 Å². The minimum Gasteiger partial charge on any atom is -0.493 e. The average molecular weight is 426 g/mol. The Balaban J connectivity index is 1.33. The predicted molar refractivity (Wildman–Crippen MR) is 112 cm³/mol. The number of H-pyrrole nitrogens is 1. The van der Waals surface area contributed by atoms with Gasteiger partial charge in [-0.1, -0.05) is 0 Å². The first kappa shape index (κ1) is 20.8. The molecule has 0 saturated heterocycles. The van der Waals surface area contributed by atoms with E-state index in [1.54, 1.807) is 23.0 Å². The lowest BCUT2D eigenvalue weighted by Crippen LogP contribution is -2.01. The summed E-state index contributed by atoms with van der Waals surface area (Å²) in [5.41, 5.74) is 4.14. The van der Waals surface area contributed by atoms with Gasteiger partial charge < -0.3 is 14.3 Å². The second kappa shape index (κ2) is 9.13. The van der Waals surface area contributed by atoms with Gasteiger partial charge in [-0.05, 0) is 55.5 Å². The molecule has 8 nitrogen and oxygen atoms in total. The third-order valence-electron chi connectivity index (χ3n) is 5.10. The number of benzene rings is 1. The van der Waals surface area contributed by atoms with Gasteiger partial charge in [0.15, 0.2) is 11.2 Å². The van der Waals surface area contributed by atoms with Gasteiger partial charge in [-0.25, -0.2) is 14.2 Å². The number of oxazole rings is 1.